The van der Waals surface area contributed by atoms with E-state index in [0.29, 0.717) is 0 Å². The zero-order valence-electron chi connectivity index (χ0n) is 29.6. The van der Waals surface area contributed by atoms with Gasteiger partial charge in [-0.25, -0.2) is 4.98 Å². The maximum absolute atomic E-state index is 6.22. The van der Waals surface area contributed by atoms with Crippen molar-refractivity contribution < 1.29 is 4.42 Å². The van der Waals surface area contributed by atoms with Crippen LogP contribution in [0.3, 0.4) is 0 Å². The summed E-state index contributed by atoms with van der Waals surface area (Å²) in [4.78, 5) is 5.04. The normalized spacial score (nSPS) is 12.3. The molecule has 0 N–H and O–H groups in total. The molecule has 0 bridgehead atoms. The quantitative estimate of drug-likeness (QED) is 0.183. The predicted octanol–water partition coefficient (Wildman–Crippen LogP) is 13.8. The van der Waals surface area contributed by atoms with Crippen LogP contribution in [0.25, 0.3) is 108 Å². The van der Waals surface area contributed by atoms with Crippen LogP contribution in [0.15, 0.2) is 156 Å². The smallest absolute Gasteiger partial charge is 0.155 e. The number of hydrogen-bond donors (Lipinski definition) is 0. The fraction of sp³-hybridized carbons (Fsp3) is 0.0408. The molecule has 0 spiro atoms. The maximum Gasteiger partial charge on any atom is 0.155 e. The highest BCUT2D eigenvalue weighted by Gasteiger charge is 2.19. The van der Waals surface area contributed by atoms with Crippen LogP contribution in [0.1, 0.15) is 11.1 Å². The van der Waals surface area contributed by atoms with Gasteiger partial charge in [-0.2, -0.15) is 0 Å². The van der Waals surface area contributed by atoms with Gasteiger partial charge in [-0.3, -0.25) is 4.57 Å². The van der Waals surface area contributed by atoms with E-state index in [4.69, 9.17) is 9.40 Å². The van der Waals surface area contributed by atoms with Gasteiger partial charge in [0.25, 0.3) is 0 Å². The van der Waals surface area contributed by atoms with E-state index >= 15 is 0 Å². The number of pyridine rings is 1. The number of fused-ring (bicyclic) bond motifs is 12. The zero-order chi connectivity index (χ0) is 35.7. The Hall–Kier alpha value is -6.69. The molecule has 0 atom stereocenters. The molecule has 5 aromatic heterocycles. The van der Waals surface area contributed by atoms with E-state index in [9.17, 15) is 0 Å². The van der Waals surface area contributed by atoms with Crippen LogP contribution in [0, 0.1) is 13.8 Å². The third-order valence-corrected chi connectivity index (χ3v) is 12.5. The van der Waals surface area contributed by atoms with Crippen molar-refractivity contribution in [2.45, 2.75) is 13.8 Å². The monoisotopic (exact) mass is 709 g/mol. The lowest BCUT2D eigenvalue weighted by molar-refractivity contribution is 0.669. The van der Waals surface area contributed by atoms with Gasteiger partial charge in [0.2, 0.25) is 0 Å². The molecule has 5 heteroatoms. The highest BCUT2D eigenvalue weighted by Crippen LogP contribution is 2.43. The third-order valence-electron chi connectivity index (χ3n) is 11.3. The van der Waals surface area contributed by atoms with Crippen molar-refractivity contribution in [3.8, 4) is 22.6 Å². The van der Waals surface area contributed by atoms with Crippen molar-refractivity contribution in [3.05, 3.63) is 163 Å². The molecule has 0 aliphatic carbocycles. The van der Waals surface area contributed by atoms with Crippen molar-refractivity contribution in [3.63, 3.8) is 0 Å². The Morgan fingerprint density at radius 2 is 1.06 bits per heavy atom. The Balaban J connectivity index is 1.02. The van der Waals surface area contributed by atoms with Crippen molar-refractivity contribution in [2.24, 2.45) is 0 Å². The molecule has 0 amide bonds. The van der Waals surface area contributed by atoms with Gasteiger partial charge >= 0.3 is 0 Å². The van der Waals surface area contributed by atoms with Gasteiger partial charge in [0.05, 0.1) is 26.8 Å². The molecule has 0 aliphatic rings. The summed E-state index contributed by atoms with van der Waals surface area (Å²) in [6.07, 6.45) is 1.97. The maximum atomic E-state index is 6.22. The first-order chi connectivity index (χ1) is 26.6. The summed E-state index contributed by atoms with van der Waals surface area (Å²) >= 11 is 1.83. The van der Waals surface area contributed by atoms with E-state index in [2.05, 4.69) is 169 Å². The van der Waals surface area contributed by atoms with Crippen molar-refractivity contribution in [1.82, 2.24) is 14.1 Å². The second kappa shape index (κ2) is 10.9. The summed E-state index contributed by atoms with van der Waals surface area (Å²) in [5, 5.41) is 9.76. The molecule has 12 aromatic rings. The number of furan rings is 1. The minimum absolute atomic E-state index is 0.909. The average molecular weight is 710 g/mol. The van der Waals surface area contributed by atoms with Crippen LogP contribution >= 0.6 is 11.3 Å². The summed E-state index contributed by atoms with van der Waals surface area (Å²) in [5.41, 5.74) is 12.6. The molecule has 0 saturated heterocycles. The zero-order valence-corrected chi connectivity index (χ0v) is 30.4. The van der Waals surface area contributed by atoms with Gasteiger partial charge in [-0.1, -0.05) is 71.8 Å². The van der Waals surface area contributed by atoms with E-state index in [0.717, 1.165) is 33.4 Å². The molecular weight excluding hydrogens is 679 g/mol. The van der Waals surface area contributed by atoms with Crippen molar-refractivity contribution in [1.29, 1.82) is 0 Å². The number of benzene rings is 7. The molecule has 0 radical (unpaired) electrons. The Kier molecular flexibility index (Phi) is 6.03. The van der Waals surface area contributed by atoms with Crippen LogP contribution in [-0.4, -0.2) is 14.1 Å². The fourth-order valence-corrected chi connectivity index (χ4v) is 9.95. The molecule has 0 aliphatic heterocycles. The van der Waals surface area contributed by atoms with E-state index in [1.54, 1.807) is 0 Å². The van der Waals surface area contributed by atoms with E-state index in [1.807, 2.05) is 17.5 Å². The standard InChI is InChI=1S/C49H31N3OS/c1-28-11-16-44-36(23-28)33-7-4-6-10-42(33)52(44)49-48-35(21-22-50-49)40-26-31(14-20-47(40)54-48)30-13-17-43-37(25-30)34-8-3-5-9-41(34)51(43)32-15-19-46-39(27-32)38-24-29(2)12-18-45(38)53-46/h3-27H,1-2H3. The van der Waals surface area contributed by atoms with Crippen LogP contribution in [-0.2, 0) is 0 Å². The van der Waals surface area contributed by atoms with Crippen molar-refractivity contribution >= 4 is 97.1 Å². The Morgan fingerprint density at radius 3 is 1.87 bits per heavy atom. The lowest BCUT2D eigenvalue weighted by atomic mass is 10.0. The van der Waals surface area contributed by atoms with Gasteiger partial charge in [0.15, 0.2) is 5.82 Å². The van der Waals surface area contributed by atoms with Crippen LogP contribution in [0.2, 0.25) is 0 Å². The SMILES string of the molecule is Cc1ccc2oc3ccc(-n4c5ccccc5c5cc(-c6ccc7sc8c(-n9c%10ccccc%10c%10cc(C)ccc%109)nccc8c7c6)ccc54)cc3c2c1. The highest BCUT2D eigenvalue weighted by molar-refractivity contribution is 7.26. The van der Waals surface area contributed by atoms with Gasteiger partial charge in [-0.15, -0.1) is 11.3 Å². The Morgan fingerprint density at radius 1 is 0.463 bits per heavy atom. The van der Waals surface area contributed by atoms with Crippen LogP contribution in [0.5, 0.6) is 0 Å². The molecule has 12 rings (SSSR count). The third kappa shape index (κ3) is 4.16. The topological polar surface area (TPSA) is 35.9 Å². The summed E-state index contributed by atoms with van der Waals surface area (Å²) in [6.45, 7) is 4.29. The molecule has 254 valence electrons. The molecule has 5 heterocycles. The van der Waals surface area contributed by atoms with Crippen LogP contribution in [0.4, 0.5) is 0 Å². The molecule has 54 heavy (non-hydrogen) atoms. The minimum atomic E-state index is 0.909. The largest absolute Gasteiger partial charge is 0.456 e. The predicted molar refractivity (Wildman–Crippen MR) is 228 cm³/mol. The fourth-order valence-electron chi connectivity index (χ4n) is 8.79. The number of thiophene rings is 1. The number of aryl methyl sites for hydroxylation is 2. The van der Waals surface area contributed by atoms with Crippen molar-refractivity contribution in [2.75, 3.05) is 0 Å². The Labute approximate surface area is 313 Å². The van der Waals surface area contributed by atoms with Gasteiger partial charge in [0.1, 0.15) is 11.2 Å². The Bertz CT molecular complexity index is 3540. The highest BCUT2D eigenvalue weighted by atomic mass is 32.1. The average Bonchev–Trinajstić information content (AvgIpc) is 3.95. The number of para-hydroxylation sites is 2. The van der Waals surface area contributed by atoms with Gasteiger partial charge in [0, 0.05) is 59.7 Å². The van der Waals surface area contributed by atoms with E-state index in [1.165, 1.54) is 86.0 Å². The number of nitrogens with zero attached hydrogens (tertiary/aromatic N) is 3. The number of hydrogen-bond acceptors (Lipinski definition) is 3. The molecule has 0 fully saturated rings. The summed E-state index contributed by atoms with van der Waals surface area (Å²) in [7, 11) is 0. The molecular formula is C49H31N3OS. The minimum Gasteiger partial charge on any atom is -0.456 e. The molecule has 7 aromatic carbocycles. The number of aromatic nitrogens is 3. The van der Waals surface area contributed by atoms with Gasteiger partial charge in [-0.05, 0) is 110 Å². The van der Waals surface area contributed by atoms with Crippen LogP contribution < -0.4 is 0 Å². The summed E-state index contributed by atoms with van der Waals surface area (Å²) in [5.74, 6) is 0.983. The number of rotatable bonds is 3. The lowest BCUT2D eigenvalue weighted by Crippen LogP contribution is -1.97. The van der Waals surface area contributed by atoms with Gasteiger partial charge < -0.3 is 8.98 Å². The van der Waals surface area contributed by atoms with E-state index < -0.39 is 0 Å². The second-order valence-electron chi connectivity index (χ2n) is 14.6. The summed E-state index contributed by atoms with van der Waals surface area (Å²) in [6, 6.07) is 53.2. The molecule has 0 saturated carbocycles. The second-order valence-corrected chi connectivity index (χ2v) is 15.6. The first kappa shape index (κ1) is 29.8. The lowest BCUT2D eigenvalue weighted by Gasteiger charge is -2.09. The first-order valence-electron chi connectivity index (χ1n) is 18.4. The first-order valence-corrected chi connectivity index (χ1v) is 19.2. The molecule has 0 unspecified atom stereocenters. The molecule has 4 nitrogen and oxygen atoms in total. The van der Waals surface area contributed by atoms with E-state index in [-0.39, 0.29) is 0 Å². The summed E-state index contributed by atoms with van der Waals surface area (Å²) < 4.78 is 13.4.